The van der Waals surface area contributed by atoms with Crippen LogP contribution in [0.4, 0.5) is 22.0 Å². The predicted molar refractivity (Wildman–Crippen MR) is 161 cm³/mol. The summed E-state index contributed by atoms with van der Waals surface area (Å²) in [7, 11) is 0. The summed E-state index contributed by atoms with van der Waals surface area (Å²) in [6.45, 7) is 0. The van der Waals surface area contributed by atoms with Crippen LogP contribution in [0.2, 0.25) is 0 Å². The highest BCUT2D eigenvalue weighted by Crippen LogP contribution is 2.44. The number of carbonyl (C=O) groups excluding carboxylic acids is 1. The van der Waals surface area contributed by atoms with E-state index in [4.69, 9.17) is 4.98 Å². The number of anilines is 3. The second kappa shape index (κ2) is 10.2. The number of pyridine rings is 1. The van der Waals surface area contributed by atoms with Gasteiger partial charge in [0.25, 0.3) is 0 Å². The smallest absolute Gasteiger partial charge is 0.405 e. The Morgan fingerprint density at radius 1 is 0.929 bits per heavy atom. The Bertz CT molecular complexity index is 1810. The van der Waals surface area contributed by atoms with Gasteiger partial charge in [-0.25, -0.2) is 14.8 Å². The van der Waals surface area contributed by atoms with Crippen LogP contribution in [0.15, 0.2) is 97.2 Å². The zero-order chi connectivity index (χ0) is 28.7. The molecule has 0 atom stereocenters. The van der Waals surface area contributed by atoms with Gasteiger partial charge in [-0.15, -0.1) is 0 Å². The lowest BCUT2D eigenvalue weighted by atomic mass is 9.72. The van der Waals surface area contributed by atoms with Gasteiger partial charge in [0.05, 0.1) is 34.7 Å². The van der Waals surface area contributed by atoms with Crippen molar-refractivity contribution in [2.75, 3.05) is 10.6 Å². The molecule has 208 valence electrons. The van der Waals surface area contributed by atoms with E-state index in [2.05, 4.69) is 25.5 Å². The van der Waals surface area contributed by atoms with E-state index in [1.165, 1.54) is 0 Å². The molecule has 0 saturated heterocycles. The Kier molecular flexibility index (Phi) is 6.19. The molecule has 7 rings (SSSR count). The molecule has 3 heterocycles. The molecule has 0 radical (unpaired) electrons. The van der Waals surface area contributed by atoms with Gasteiger partial charge in [-0.2, -0.15) is 0 Å². The van der Waals surface area contributed by atoms with Crippen molar-refractivity contribution in [3.05, 3.63) is 108 Å². The molecule has 5 aromatic rings. The minimum Gasteiger partial charge on any atom is -0.465 e. The van der Waals surface area contributed by atoms with Crippen molar-refractivity contribution in [1.82, 2.24) is 19.9 Å². The number of rotatable bonds is 6. The summed E-state index contributed by atoms with van der Waals surface area (Å²) < 4.78 is 2.07. The fraction of sp³-hybridized carbons (Fsp3) is 0.152. The summed E-state index contributed by atoms with van der Waals surface area (Å²) in [5.41, 5.74) is 5.91. The van der Waals surface area contributed by atoms with Crippen molar-refractivity contribution in [2.24, 2.45) is 0 Å². The van der Waals surface area contributed by atoms with Gasteiger partial charge in [-0.1, -0.05) is 54.6 Å². The maximum absolute atomic E-state index is 13.3. The van der Waals surface area contributed by atoms with Crippen LogP contribution in [0.1, 0.15) is 30.5 Å². The maximum atomic E-state index is 13.3. The van der Waals surface area contributed by atoms with E-state index in [0.29, 0.717) is 17.3 Å². The number of imidazole rings is 1. The molecule has 0 unspecified atom stereocenters. The molecule has 1 aliphatic carbocycles. The zero-order valence-corrected chi connectivity index (χ0v) is 22.7. The number of fused-ring (bicyclic) bond motifs is 5. The van der Waals surface area contributed by atoms with Gasteiger partial charge >= 0.3 is 6.09 Å². The number of hydrogen-bond donors (Lipinski definition) is 4. The highest BCUT2D eigenvalue weighted by molar-refractivity contribution is 5.94. The molecule has 2 amide bonds. The first-order chi connectivity index (χ1) is 20.5. The van der Waals surface area contributed by atoms with Crippen LogP contribution in [-0.2, 0) is 16.8 Å². The number of hydrogen-bond acceptors (Lipinski definition) is 5. The first kappa shape index (κ1) is 25.5. The summed E-state index contributed by atoms with van der Waals surface area (Å²) >= 11 is 0. The summed E-state index contributed by atoms with van der Waals surface area (Å²) in [6, 6.07) is 29.1. The zero-order valence-electron chi connectivity index (χ0n) is 22.7. The van der Waals surface area contributed by atoms with Crippen LogP contribution in [0.5, 0.6) is 0 Å². The number of para-hydroxylation sites is 2. The first-order valence-electron chi connectivity index (χ1n) is 13.9. The maximum Gasteiger partial charge on any atom is 0.405 e. The molecule has 0 bridgehead atoms. The predicted octanol–water partition coefficient (Wildman–Crippen LogP) is 6.49. The third kappa shape index (κ3) is 4.45. The minimum absolute atomic E-state index is 0.0572. The fourth-order valence-electron chi connectivity index (χ4n) is 5.93. The third-order valence-corrected chi connectivity index (χ3v) is 8.05. The number of nitrogens with zero attached hydrogens (tertiary/aromatic N) is 3. The minimum atomic E-state index is -1.03. The molecule has 9 heteroatoms. The van der Waals surface area contributed by atoms with Crippen LogP contribution in [-0.4, -0.2) is 31.6 Å². The fourth-order valence-corrected chi connectivity index (χ4v) is 5.93. The molecule has 3 aromatic carbocycles. The molecule has 9 nitrogen and oxygen atoms in total. The molecule has 42 heavy (non-hydrogen) atoms. The average molecular weight is 557 g/mol. The van der Waals surface area contributed by atoms with E-state index in [1.807, 2.05) is 91.0 Å². The van der Waals surface area contributed by atoms with Crippen molar-refractivity contribution >= 4 is 29.2 Å². The summed E-state index contributed by atoms with van der Waals surface area (Å²) in [5.74, 6) is 1.21. The summed E-state index contributed by atoms with van der Waals surface area (Å²) in [5, 5.41) is 18.6. The lowest BCUT2D eigenvalue weighted by Gasteiger charge is -2.42. The van der Waals surface area contributed by atoms with Gasteiger partial charge in [0.1, 0.15) is 5.82 Å². The normalized spacial score (nSPS) is 14.2. The van der Waals surface area contributed by atoms with E-state index >= 15 is 0 Å². The third-order valence-electron chi connectivity index (χ3n) is 8.05. The number of carbonyl (C=O) groups is 2. The van der Waals surface area contributed by atoms with Crippen LogP contribution >= 0.6 is 0 Å². The number of aromatic nitrogens is 3. The highest BCUT2D eigenvalue weighted by atomic mass is 16.4. The summed E-state index contributed by atoms with van der Waals surface area (Å²) in [4.78, 5) is 34.6. The Hall–Kier alpha value is -5.44. The van der Waals surface area contributed by atoms with Crippen LogP contribution in [0, 0.1) is 0 Å². The second-order valence-electron chi connectivity index (χ2n) is 10.6. The molecule has 1 aliphatic heterocycles. The van der Waals surface area contributed by atoms with Crippen LogP contribution in [0.25, 0.3) is 28.3 Å². The molecule has 1 fully saturated rings. The van der Waals surface area contributed by atoms with Crippen LogP contribution < -0.4 is 16.0 Å². The van der Waals surface area contributed by atoms with Gasteiger partial charge in [-0.05, 0) is 61.2 Å². The van der Waals surface area contributed by atoms with Crippen molar-refractivity contribution in [3.8, 4) is 28.3 Å². The Morgan fingerprint density at radius 3 is 2.43 bits per heavy atom. The standard InChI is InChI=1S/C33H28N6O3/c40-28(35-23-8-2-1-3-9-23)20-26-29(21-13-15-22(16-14-21)33(17-7-18-33)38-32(41)42)39-27-12-6-19-34-30(27)36-25-11-5-4-10-24(25)31(39)37-26/h1-6,8-16,19,38H,7,17-18,20H2,(H,34,36)(H,35,40)(H,41,42). The Balaban J connectivity index is 1.38. The lowest BCUT2D eigenvalue weighted by Crippen LogP contribution is -2.50. The topological polar surface area (TPSA) is 121 Å². The SMILES string of the molecule is O=C(O)NC1(c2ccc(-c3c(CC(=O)Nc4ccccc4)nc4n3-c3cccnc3Nc3ccccc3-4)cc2)CCC1. The van der Waals surface area contributed by atoms with Gasteiger partial charge in [0.15, 0.2) is 5.82 Å². The van der Waals surface area contributed by atoms with Gasteiger partial charge in [0.2, 0.25) is 5.91 Å². The summed E-state index contributed by atoms with van der Waals surface area (Å²) in [6.07, 6.45) is 3.26. The van der Waals surface area contributed by atoms with Gasteiger partial charge in [0, 0.05) is 23.0 Å². The second-order valence-corrected chi connectivity index (χ2v) is 10.6. The van der Waals surface area contributed by atoms with Crippen LogP contribution in [0.3, 0.4) is 0 Å². The van der Waals surface area contributed by atoms with E-state index in [0.717, 1.165) is 58.7 Å². The van der Waals surface area contributed by atoms with Gasteiger partial charge < -0.3 is 21.1 Å². The number of carboxylic acid groups (broad SMARTS) is 1. The monoisotopic (exact) mass is 556 g/mol. The quantitative estimate of drug-likeness (QED) is 0.186. The van der Waals surface area contributed by atoms with Gasteiger partial charge in [-0.3, -0.25) is 9.36 Å². The Labute approximate surface area is 242 Å². The van der Waals surface area contributed by atoms with Crippen molar-refractivity contribution in [1.29, 1.82) is 0 Å². The largest absolute Gasteiger partial charge is 0.465 e. The van der Waals surface area contributed by atoms with E-state index in [1.54, 1.807) is 6.20 Å². The highest BCUT2D eigenvalue weighted by Gasteiger charge is 2.40. The number of benzene rings is 3. The van der Waals surface area contributed by atoms with Crippen molar-refractivity contribution < 1.29 is 14.7 Å². The number of nitrogens with one attached hydrogen (secondary N) is 3. The van der Waals surface area contributed by atoms with E-state index in [9.17, 15) is 14.7 Å². The first-order valence-corrected chi connectivity index (χ1v) is 13.9. The van der Waals surface area contributed by atoms with Crippen molar-refractivity contribution in [2.45, 2.75) is 31.2 Å². The molecule has 4 N–H and O–H groups in total. The molecular weight excluding hydrogens is 528 g/mol. The number of amides is 2. The molecule has 2 aromatic heterocycles. The molecule has 0 spiro atoms. The van der Waals surface area contributed by atoms with E-state index < -0.39 is 11.6 Å². The molecule has 2 aliphatic rings. The van der Waals surface area contributed by atoms with Crippen molar-refractivity contribution in [3.63, 3.8) is 0 Å². The molecular formula is C33H28N6O3. The molecule has 1 saturated carbocycles. The lowest BCUT2D eigenvalue weighted by molar-refractivity contribution is -0.115. The van der Waals surface area contributed by atoms with E-state index in [-0.39, 0.29) is 12.3 Å². The average Bonchev–Trinajstić information content (AvgIpc) is 3.27. The Morgan fingerprint density at radius 2 is 1.69 bits per heavy atom.